The van der Waals surface area contributed by atoms with Gasteiger partial charge in [0.25, 0.3) is 0 Å². The summed E-state index contributed by atoms with van der Waals surface area (Å²) < 4.78 is 0.970. The number of benzene rings is 1. The van der Waals surface area contributed by atoms with Gasteiger partial charge in [0.1, 0.15) is 5.92 Å². The lowest BCUT2D eigenvalue weighted by atomic mass is 9.86. The van der Waals surface area contributed by atoms with Gasteiger partial charge < -0.3 is 0 Å². The molecule has 1 aromatic rings. The van der Waals surface area contributed by atoms with Crippen molar-refractivity contribution in [1.82, 2.24) is 0 Å². The standard InChI is InChI=1S/C15H14BrNO/c16-13-3-1-9(2-4-13)14(8-17)15(18)12-6-10-5-11(10)7-12/h1-4,10-12,14H,5-7H2. The summed E-state index contributed by atoms with van der Waals surface area (Å²) in [6.45, 7) is 0. The molecule has 2 aliphatic rings. The summed E-state index contributed by atoms with van der Waals surface area (Å²) in [5.74, 6) is 1.24. The highest BCUT2D eigenvalue weighted by atomic mass is 79.9. The molecule has 0 saturated heterocycles. The second kappa shape index (κ2) is 4.51. The molecule has 2 nitrogen and oxygen atoms in total. The van der Waals surface area contributed by atoms with E-state index in [2.05, 4.69) is 22.0 Å². The van der Waals surface area contributed by atoms with Gasteiger partial charge >= 0.3 is 0 Å². The molecule has 0 radical (unpaired) electrons. The Labute approximate surface area is 115 Å². The second-order valence-electron chi connectivity index (χ2n) is 5.44. The number of carbonyl (C=O) groups is 1. The van der Waals surface area contributed by atoms with Gasteiger partial charge in [-0.2, -0.15) is 5.26 Å². The van der Waals surface area contributed by atoms with Crippen molar-refractivity contribution in [2.45, 2.75) is 25.2 Å². The summed E-state index contributed by atoms with van der Waals surface area (Å²) in [7, 11) is 0. The fourth-order valence-electron chi connectivity index (χ4n) is 3.14. The van der Waals surface area contributed by atoms with Crippen LogP contribution in [0.2, 0.25) is 0 Å². The van der Waals surface area contributed by atoms with Crippen molar-refractivity contribution < 1.29 is 4.79 Å². The molecule has 92 valence electrons. The molecule has 0 bridgehead atoms. The predicted octanol–water partition coefficient (Wildman–Crippen LogP) is 3.67. The first-order valence-electron chi connectivity index (χ1n) is 6.38. The Hall–Kier alpha value is -1.14. The quantitative estimate of drug-likeness (QED) is 0.855. The topological polar surface area (TPSA) is 40.9 Å². The fraction of sp³-hybridized carbons (Fsp3) is 0.467. The van der Waals surface area contributed by atoms with E-state index in [4.69, 9.17) is 0 Å². The van der Waals surface area contributed by atoms with E-state index in [1.54, 1.807) is 0 Å². The number of hydrogen-bond acceptors (Lipinski definition) is 2. The normalized spacial score (nSPS) is 30.3. The van der Waals surface area contributed by atoms with Crippen molar-refractivity contribution in [3.63, 3.8) is 0 Å². The van der Waals surface area contributed by atoms with Crippen molar-refractivity contribution in [1.29, 1.82) is 5.26 Å². The van der Waals surface area contributed by atoms with E-state index in [0.29, 0.717) is 0 Å². The zero-order valence-electron chi connectivity index (χ0n) is 9.97. The molecule has 1 aromatic carbocycles. The number of fused-ring (bicyclic) bond motifs is 1. The number of hydrogen-bond donors (Lipinski definition) is 0. The van der Waals surface area contributed by atoms with Gasteiger partial charge in [0.15, 0.2) is 5.78 Å². The molecule has 0 aromatic heterocycles. The number of carbonyl (C=O) groups excluding carboxylic acids is 1. The van der Waals surface area contributed by atoms with Crippen LogP contribution in [-0.4, -0.2) is 5.78 Å². The maximum absolute atomic E-state index is 12.4. The molecule has 3 heteroatoms. The third-order valence-electron chi connectivity index (χ3n) is 4.26. The highest BCUT2D eigenvalue weighted by Gasteiger charge is 2.49. The molecular weight excluding hydrogens is 290 g/mol. The maximum atomic E-state index is 12.4. The van der Waals surface area contributed by atoms with E-state index >= 15 is 0 Å². The van der Waals surface area contributed by atoms with Gasteiger partial charge in [-0.25, -0.2) is 0 Å². The number of Topliss-reactive ketones (excluding diaryl/α,β-unsaturated/α-hetero) is 1. The number of nitrogens with zero attached hydrogens (tertiary/aromatic N) is 1. The van der Waals surface area contributed by atoms with Gasteiger partial charge in [-0.15, -0.1) is 0 Å². The van der Waals surface area contributed by atoms with Gasteiger partial charge in [0.2, 0.25) is 0 Å². The fourth-order valence-corrected chi connectivity index (χ4v) is 3.40. The molecule has 3 atom stereocenters. The molecule has 2 saturated carbocycles. The third kappa shape index (κ3) is 2.10. The van der Waals surface area contributed by atoms with E-state index in [-0.39, 0.29) is 11.7 Å². The third-order valence-corrected chi connectivity index (χ3v) is 4.79. The summed E-state index contributed by atoms with van der Waals surface area (Å²) >= 11 is 3.37. The Morgan fingerprint density at radius 2 is 1.83 bits per heavy atom. The predicted molar refractivity (Wildman–Crippen MR) is 71.8 cm³/mol. The van der Waals surface area contributed by atoms with Crippen LogP contribution in [0.15, 0.2) is 28.7 Å². The van der Waals surface area contributed by atoms with Gasteiger partial charge in [-0.1, -0.05) is 28.1 Å². The smallest absolute Gasteiger partial charge is 0.157 e. The minimum absolute atomic E-state index is 0.127. The molecule has 3 unspecified atom stereocenters. The molecular formula is C15H14BrNO. The number of nitriles is 1. The van der Waals surface area contributed by atoms with Crippen LogP contribution >= 0.6 is 15.9 Å². The van der Waals surface area contributed by atoms with Crippen molar-refractivity contribution in [2.24, 2.45) is 17.8 Å². The zero-order valence-corrected chi connectivity index (χ0v) is 11.6. The maximum Gasteiger partial charge on any atom is 0.157 e. The van der Waals surface area contributed by atoms with E-state index in [1.807, 2.05) is 24.3 Å². The van der Waals surface area contributed by atoms with Crippen molar-refractivity contribution in [3.8, 4) is 6.07 Å². The zero-order chi connectivity index (χ0) is 12.7. The second-order valence-corrected chi connectivity index (χ2v) is 6.36. The molecule has 2 fully saturated rings. The van der Waals surface area contributed by atoms with Crippen LogP contribution in [0.5, 0.6) is 0 Å². The van der Waals surface area contributed by atoms with Gasteiger partial charge in [0.05, 0.1) is 6.07 Å². The molecule has 0 spiro atoms. The first-order chi connectivity index (χ1) is 8.69. The first kappa shape index (κ1) is 11.9. The lowest BCUT2D eigenvalue weighted by Crippen LogP contribution is -2.20. The van der Waals surface area contributed by atoms with Crippen LogP contribution < -0.4 is 0 Å². The Balaban J connectivity index is 1.77. The Morgan fingerprint density at radius 3 is 2.39 bits per heavy atom. The summed E-state index contributed by atoms with van der Waals surface area (Å²) in [5, 5.41) is 9.27. The molecule has 0 N–H and O–H groups in total. The summed E-state index contributed by atoms with van der Waals surface area (Å²) in [4.78, 5) is 12.4. The SMILES string of the molecule is N#CC(C(=O)C1CC2CC2C1)c1ccc(Br)cc1. The molecule has 0 aliphatic heterocycles. The van der Waals surface area contributed by atoms with Gasteiger partial charge in [0, 0.05) is 10.4 Å². The van der Waals surface area contributed by atoms with Crippen LogP contribution in [-0.2, 0) is 4.79 Å². The molecule has 2 aliphatic carbocycles. The van der Waals surface area contributed by atoms with E-state index in [0.717, 1.165) is 34.7 Å². The molecule has 0 amide bonds. The van der Waals surface area contributed by atoms with Crippen LogP contribution in [0.3, 0.4) is 0 Å². The number of rotatable bonds is 3. The Morgan fingerprint density at radius 1 is 1.22 bits per heavy atom. The van der Waals surface area contributed by atoms with Crippen molar-refractivity contribution in [2.75, 3.05) is 0 Å². The monoisotopic (exact) mass is 303 g/mol. The van der Waals surface area contributed by atoms with E-state index < -0.39 is 5.92 Å². The summed E-state index contributed by atoms with van der Waals surface area (Å²) in [5.41, 5.74) is 0.825. The average molecular weight is 304 g/mol. The minimum Gasteiger partial charge on any atom is -0.298 e. The molecule has 0 heterocycles. The van der Waals surface area contributed by atoms with Crippen LogP contribution in [0.1, 0.15) is 30.7 Å². The summed E-state index contributed by atoms with van der Waals surface area (Å²) in [6, 6.07) is 9.69. The van der Waals surface area contributed by atoms with Crippen LogP contribution in [0, 0.1) is 29.1 Å². The lowest BCUT2D eigenvalue weighted by molar-refractivity contribution is -0.123. The highest BCUT2D eigenvalue weighted by molar-refractivity contribution is 9.10. The highest BCUT2D eigenvalue weighted by Crippen LogP contribution is 2.55. The van der Waals surface area contributed by atoms with Crippen LogP contribution in [0.25, 0.3) is 0 Å². The average Bonchev–Trinajstić information content (AvgIpc) is 2.99. The molecule has 3 rings (SSSR count). The van der Waals surface area contributed by atoms with Crippen molar-refractivity contribution in [3.05, 3.63) is 34.3 Å². The Bertz CT molecular complexity index is 506. The van der Waals surface area contributed by atoms with Gasteiger partial charge in [-0.05, 0) is 48.8 Å². The number of ketones is 1. The minimum atomic E-state index is -0.583. The lowest BCUT2D eigenvalue weighted by Gasteiger charge is -2.15. The largest absolute Gasteiger partial charge is 0.298 e. The van der Waals surface area contributed by atoms with Crippen LogP contribution in [0.4, 0.5) is 0 Å². The van der Waals surface area contributed by atoms with Crippen molar-refractivity contribution >= 4 is 21.7 Å². The van der Waals surface area contributed by atoms with E-state index in [9.17, 15) is 10.1 Å². The number of halogens is 1. The molecule has 18 heavy (non-hydrogen) atoms. The van der Waals surface area contributed by atoms with E-state index in [1.165, 1.54) is 6.42 Å². The Kier molecular flexibility index (Phi) is 2.99. The first-order valence-corrected chi connectivity index (χ1v) is 7.17. The van der Waals surface area contributed by atoms with Gasteiger partial charge in [-0.3, -0.25) is 4.79 Å². The summed E-state index contributed by atoms with van der Waals surface area (Å²) in [6.07, 6.45) is 3.33.